The highest BCUT2D eigenvalue weighted by atomic mass is 15.4. The maximum Gasteiger partial charge on any atom is 0.177 e. The van der Waals surface area contributed by atoms with E-state index in [9.17, 15) is 0 Å². The van der Waals surface area contributed by atoms with Gasteiger partial charge in [-0.25, -0.2) is 9.97 Å². The fourth-order valence-corrected chi connectivity index (χ4v) is 4.39. The van der Waals surface area contributed by atoms with E-state index in [-0.39, 0.29) is 5.41 Å². The van der Waals surface area contributed by atoms with E-state index in [0.717, 1.165) is 55.5 Å². The molecule has 1 aliphatic carbocycles. The molecule has 7 nitrogen and oxygen atoms in total. The van der Waals surface area contributed by atoms with Crippen molar-refractivity contribution in [3.8, 4) is 0 Å². The Balaban J connectivity index is 1.23. The fourth-order valence-electron chi connectivity index (χ4n) is 4.39. The van der Waals surface area contributed by atoms with Gasteiger partial charge in [-0.05, 0) is 50.9 Å². The van der Waals surface area contributed by atoms with E-state index in [1.54, 1.807) is 0 Å². The highest BCUT2D eigenvalue weighted by molar-refractivity contribution is 5.37. The molecule has 0 bridgehead atoms. The molecule has 0 aromatic carbocycles. The average Bonchev–Trinajstić information content (AvgIpc) is 3.11. The first-order chi connectivity index (χ1) is 14.5. The number of aromatic nitrogens is 6. The predicted octanol–water partition coefficient (Wildman–Crippen LogP) is 3.86. The van der Waals surface area contributed by atoms with Gasteiger partial charge in [-0.3, -0.25) is 4.90 Å². The zero-order valence-corrected chi connectivity index (χ0v) is 18.3. The summed E-state index contributed by atoms with van der Waals surface area (Å²) in [6.45, 7) is 9.57. The van der Waals surface area contributed by atoms with Crippen molar-refractivity contribution in [1.82, 2.24) is 34.7 Å². The van der Waals surface area contributed by atoms with E-state index in [1.165, 1.54) is 24.8 Å². The van der Waals surface area contributed by atoms with Crippen LogP contribution in [0.5, 0.6) is 0 Å². The molecule has 158 valence electrons. The number of hydrogen-bond donors (Lipinski definition) is 0. The topological polar surface area (TPSA) is 72.1 Å². The second-order valence-electron chi connectivity index (χ2n) is 9.92. The van der Waals surface area contributed by atoms with Crippen molar-refractivity contribution in [3.63, 3.8) is 0 Å². The molecule has 2 aliphatic rings. The van der Waals surface area contributed by atoms with Crippen molar-refractivity contribution in [2.24, 2.45) is 0 Å². The van der Waals surface area contributed by atoms with Crippen LogP contribution in [0.4, 0.5) is 0 Å². The van der Waals surface area contributed by atoms with Gasteiger partial charge in [-0.2, -0.15) is 9.61 Å². The van der Waals surface area contributed by atoms with E-state index in [1.807, 2.05) is 23.0 Å². The third-order valence-electron chi connectivity index (χ3n) is 6.61. The lowest BCUT2D eigenvalue weighted by atomic mass is 9.85. The molecule has 3 aromatic rings. The standard InChI is InChI=1S/C23H31N7/c1-23(2,3)19-7-8-20-26-27-22(30(20)28-19)18-9-11-29(12-10-18)15-16-13-24-21(25-14-16)17-5-4-6-17/h7-8,13-14,17-18H,4-6,9-12,15H2,1-3H3. The highest BCUT2D eigenvalue weighted by Gasteiger charge is 2.27. The largest absolute Gasteiger partial charge is 0.299 e. The van der Waals surface area contributed by atoms with Crippen LogP contribution in [0.3, 0.4) is 0 Å². The zero-order chi connectivity index (χ0) is 20.7. The molecule has 30 heavy (non-hydrogen) atoms. The molecule has 7 heteroatoms. The lowest BCUT2D eigenvalue weighted by Gasteiger charge is -2.31. The summed E-state index contributed by atoms with van der Waals surface area (Å²) < 4.78 is 1.97. The highest BCUT2D eigenvalue weighted by Crippen LogP contribution is 2.34. The molecule has 0 amide bonds. The van der Waals surface area contributed by atoms with E-state index in [4.69, 9.17) is 5.10 Å². The minimum Gasteiger partial charge on any atom is -0.299 e. The van der Waals surface area contributed by atoms with Crippen molar-refractivity contribution in [3.05, 3.63) is 47.4 Å². The first kappa shape index (κ1) is 19.5. The van der Waals surface area contributed by atoms with Crippen LogP contribution in [0.2, 0.25) is 0 Å². The van der Waals surface area contributed by atoms with Gasteiger partial charge in [0.1, 0.15) is 5.82 Å². The van der Waals surface area contributed by atoms with Crippen molar-refractivity contribution < 1.29 is 0 Å². The van der Waals surface area contributed by atoms with Gasteiger partial charge in [0.2, 0.25) is 0 Å². The molecule has 4 heterocycles. The van der Waals surface area contributed by atoms with Gasteiger partial charge in [-0.1, -0.05) is 27.2 Å². The van der Waals surface area contributed by atoms with E-state index in [2.05, 4.69) is 51.9 Å². The third-order valence-corrected chi connectivity index (χ3v) is 6.61. The van der Waals surface area contributed by atoms with E-state index < -0.39 is 0 Å². The van der Waals surface area contributed by atoms with Crippen LogP contribution in [0, 0.1) is 0 Å². The second kappa shape index (κ2) is 7.69. The van der Waals surface area contributed by atoms with Gasteiger partial charge in [-0.15, -0.1) is 10.2 Å². The summed E-state index contributed by atoms with van der Waals surface area (Å²) in [6.07, 6.45) is 10.0. The number of rotatable bonds is 4. The third kappa shape index (κ3) is 3.83. The van der Waals surface area contributed by atoms with E-state index in [0.29, 0.717) is 11.8 Å². The minimum absolute atomic E-state index is 0.00927. The van der Waals surface area contributed by atoms with Gasteiger partial charge in [0.25, 0.3) is 0 Å². The summed E-state index contributed by atoms with van der Waals surface area (Å²) in [5, 5.41) is 13.7. The fraction of sp³-hybridized carbons (Fsp3) is 0.609. The lowest BCUT2D eigenvalue weighted by molar-refractivity contribution is 0.200. The number of piperidine rings is 1. The molecular formula is C23H31N7. The second-order valence-corrected chi connectivity index (χ2v) is 9.92. The Morgan fingerprint density at radius 1 is 0.933 bits per heavy atom. The van der Waals surface area contributed by atoms with Crippen LogP contribution >= 0.6 is 0 Å². The Bertz CT molecular complexity index is 1010. The van der Waals surface area contributed by atoms with Crippen molar-refractivity contribution in [2.45, 2.75) is 76.7 Å². The summed E-state index contributed by atoms with van der Waals surface area (Å²) in [5.74, 6) is 3.03. The zero-order valence-electron chi connectivity index (χ0n) is 18.3. The molecule has 1 aliphatic heterocycles. The minimum atomic E-state index is 0.00927. The molecule has 0 atom stereocenters. The SMILES string of the molecule is CC(C)(C)c1ccc2nnc(C3CCN(Cc4cnc(C5CCC5)nc4)CC3)n2n1. The summed E-state index contributed by atoms with van der Waals surface area (Å²) in [7, 11) is 0. The molecule has 0 spiro atoms. The van der Waals surface area contributed by atoms with Gasteiger partial charge in [0.05, 0.1) is 5.69 Å². The smallest absolute Gasteiger partial charge is 0.177 e. The lowest BCUT2D eigenvalue weighted by Crippen LogP contribution is -2.33. The Hall–Kier alpha value is -2.41. The number of fused-ring (bicyclic) bond motifs is 1. The summed E-state index contributed by atoms with van der Waals surface area (Å²) >= 11 is 0. The predicted molar refractivity (Wildman–Crippen MR) is 115 cm³/mol. The number of likely N-dealkylation sites (tertiary alicyclic amines) is 1. The molecule has 0 radical (unpaired) electrons. The molecule has 1 saturated carbocycles. The van der Waals surface area contributed by atoms with Crippen molar-refractivity contribution in [2.75, 3.05) is 13.1 Å². The van der Waals surface area contributed by atoms with Crippen molar-refractivity contribution in [1.29, 1.82) is 0 Å². The normalized spacial score (nSPS) is 19.3. The van der Waals surface area contributed by atoms with Crippen LogP contribution in [-0.4, -0.2) is 47.8 Å². The molecule has 1 saturated heterocycles. The Kier molecular flexibility index (Phi) is 5.01. The van der Waals surface area contributed by atoms with Gasteiger partial charge < -0.3 is 0 Å². The molecule has 2 fully saturated rings. The molecule has 5 rings (SSSR count). The van der Waals surface area contributed by atoms with Crippen LogP contribution in [0.15, 0.2) is 24.5 Å². The maximum absolute atomic E-state index is 4.86. The molecular weight excluding hydrogens is 374 g/mol. The van der Waals surface area contributed by atoms with Gasteiger partial charge in [0.15, 0.2) is 11.5 Å². The Morgan fingerprint density at radius 3 is 2.30 bits per heavy atom. The maximum atomic E-state index is 4.86. The quantitative estimate of drug-likeness (QED) is 0.656. The van der Waals surface area contributed by atoms with Crippen LogP contribution in [0.25, 0.3) is 5.65 Å². The summed E-state index contributed by atoms with van der Waals surface area (Å²) in [4.78, 5) is 11.7. The Labute approximate surface area is 177 Å². The van der Waals surface area contributed by atoms with E-state index >= 15 is 0 Å². The van der Waals surface area contributed by atoms with Crippen molar-refractivity contribution >= 4 is 5.65 Å². The molecule has 0 N–H and O–H groups in total. The number of nitrogens with zero attached hydrogens (tertiary/aromatic N) is 7. The Morgan fingerprint density at radius 2 is 1.67 bits per heavy atom. The number of hydrogen-bond acceptors (Lipinski definition) is 6. The first-order valence-corrected chi connectivity index (χ1v) is 11.2. The van der Waals surface area contributed by atoms with Crippen LogP contribution < -0.4 is 0 Å². The molecule has 3 aromatic heterocycles. The van der Waals surface area contributed by atoms with Gasteiger partial charge in [0, 0.05) is 41.8 Å². The summed E-state index contributed by atoms with van der Waals surface area (Å²) in [6, 6.07) is 4.10. The van der Waals surface area contributed by atoms with Crippen LogP contribution in [-0.2, 0) is 12.0 Å². The first-order valence-electron chi connectivity index (χ1n) is 11.2. The molecule has 0 unspecified atom stereocenters. The summed E-state index contributed by atoms with van der Waals surface area (Å²) in [5.41, 5.74) is 3.12. The van der Waals surface area contributed by atoms with Gasteiger partial charge >= 0.3 is 0 Å². The van der Waals surface area contributed by atoms with Crippen LogP contribution in [0.1, 0.15) is 87.6 Å². The average molecular weight is 406 g/mol. The monoisotopic (exact) mass is 405 g/mol.